The highest BCUT2D eigenvalue weighted by molar-refractivity contribution is 5.93. The second-order valence-electron chi connectivity index (χ2n) is 3.66. The van der Waals surface area contributed by atoms with E-state index in [4.69, 9.17) is 0 Å². The second-order valence-corrected chi connectivity index (χ2v) is 3.66. The molecule has 1 atom stereocenters. The fourth-order valence-corrected chi connectivity index (χ4v) is 1.19. The summed E-state index contributed by atoms with van der Waals surface area (Å²) in [5.41, 5.74) is 3.32. The van der Waals surface area contributed by atoms with Gasteiger partial charge in [-0.15, -0.1) is 0 Å². The lowest BCUT2D eigenvalue weighted by atomic mass is 10.0. The monoisotopic (exact) mass is 175 g/mol. The van der Waals surface area contributed by atoms with Crippen molar-refractivity contribution in [2.75, 3.05) is 0 Å². The molecule has 0 bridgehead atoms. The van der Waals surface area contributed by atoms with E-state index in [0.29, 0.717) is 5.92 Å². The third kappa shape index (κ3) is 3.02. The van der Waals surface area contributed by atoms with Crippen LogP contribution in [0.15, 0.2) is 41.1 Å². The SMILES string of the molecule is C=C1N=C(C)/C=C\C(C)=C/CC1C. The average Bonchev–Trinajstić information content (AvgIpc) is 2.13. The highest BCUT2D eigenvalue weighted by Crippen LogP contribution is 2.17. The van der Waals surface area contributed by atoms with Gasteiger partial charge in [-0.1, -0.05) is 31.2 Å². The van der Waals surface area contributed by atoms with E-state index in [1.54, 1.807) is 0 Å². The molecule has 0 spiro atoms. The Labute approximate surface area is 80.6 Å². The van der Waals surface area contributed by atoms with E-state index >= 15 is 0 Å². The van der Waals surface area contributed by atoms with Crippen LogP contribution in [0.3, 0.4) is 0 Å². The van der Waals surface area contributed by atoms with Gasteiger partial charge in [0.1, 0.15) is 0 Å². The van der Waals surface area contributed by atoms with Gasteiger partial charge in [-0.25, -0.2) is 0 Å². The van der Waals surface area contributed by atoms with Crippen molar-refractivity contribution >= 4 is 5.71 Å². The number of nitrogens with zero attached hydrogens (tertiary/aromatic N) is 1. The summed E-state index contributed by atoms with van der Waals surface area (Å²) in [4.78, 5) is 4.41. The Morgan fingerprint density at radius 1 is 1.38 bits per heavy atom. The van der Waals surface area contributed by atoms with Crippen molar-refractivity contribution in [1.29, 1.82) is 0 Å². The van der Waals surface area contributed by atoms with Crippen LogP contribution in [0.4, 0.5) is 0 Å². The van der Waals surface area contributed by atoms with Gasteiger partial charge >= 0.3 is 0 Å². The van der Waals surface area contributed by atoms with E-state index in [9.17, 15) is 0 Å². The Kier molecular flexibility index (Phi) is 3.24. The first-order valence-corrected chi connectivity index (χ1v) is 4.68. The third-order valence-electron chi connectivity index (χ3n) is 2.27. The highest BCUT2D eigenvalue weighted by atomic mass is 14.8. The van der Waals surface area contributed by atoms with Crippen molar-refractivity contribution < 1.29 is 0 Å². The van der Waals surface area contributed by atoms with Gasteiger partial charge in [0.05, 0.1) is 0 Å². The zero-order valence-electron chi connectivity index (χ0n) is 8.67. The summed E-state index contributed by atoms with van der Waals surface area (Å²) in [7, 11) is 0. The van der Waals surface area contributed by atoms with Crippen molar-refractivity contribution in [3.8, 4) is 0 Å². The highest BCUT2D eigenvalue weighted by Gasteiger charge is 2.05. The topological polar surface area (TPSA) is 12.4 Å². The van der Waals surface area contributed by atoms with Gasteiger partial charge in [0, 0.05) is 17.3 Å². The normalized spacial score (nSPS) is 30.7. The van der Waals surface area contributed by atoms with Gasteiger partial charge < -0.3 is 0 Å². The summed E-state index contributed by atoms with van der Waals surface area (Å²) in [5.74, 6) is 0.449. The van der Waals surface area contributed by atoms with Crippen molar-refractivity contribution in [1.82, 2.24) is 0 Å². The smallest absolute Gasteiger partial charge is 0.0375 e. The van der Waals surface area contributed by atoms with Gasteiger partial charge in [-0.05, 0) is 26.3 Å². The predicted octanol–water partition coefficient (Wildman–Crippen LogP) is 3.50. The van der Waals surface area contributed by atoms with E-state index in [1.807, 2.05) is 13.0 Å². The number of hydrogen-bond acceptors (Lipinski definition) is 1. The first-order valence-electron chi connectivity index (χ1n) is 4.68. The fourth-order valence-electron chi connectivity index (χ4n) is 1.19. The predicted molar refractivity (Wildman–Crippen MR) is 58.9 cm³/mol. The molecule has 0 fully saturated rings. The molecule has 1 heterocycles. The molecule has 1 unspecified atom stereocenters. The number of allylic oxidation sites excluding steroid dienone is 5. The Hall–Kier alpha value is -1.11. The minimum atomic E-state index is 0.449. The van der Waals surface area contributed by atoms with Gasteiger partial charge in [0.2, 0.25) is 0 Å². The van der Waals surface area contributed by atoms with Crippen LogP contribution in [-0.4, -0.2) is 5.71 Å². The van der Waals surface area contributed by atoms with Crippen LogP contribution >= 0.6 is 0 Å². The maximum absolute atomic E-state index is 4.41. The lowest BCUT2D eigenvalue weighted by molar-refractivity contribution is 0.688. The summed E-state index contributed by atoms with van der Waals surface area (Å²) in [6, 6.07) is 0. The third-order valence-corrected chi connectivity index (χ3v) is 2.27. The summed E-state index contributed by atoms with van der Waals surface area (Å²) in [6.07, 6.45) is 7.41. The summed E-state index contributed by atoms with van der Waals surface area (Å²) in [6.45, 7) is 10.2. The zero-order chi connectivity index (χ0) is 9.84. The number of aliphatic imine (C=N–C) groups is 1. The van der Waals surface area contributed by atoms with Crippen molar-refractivity contribution in [3.05, 3.63) is 36.1 Å². The Balaban J connectivity index is 2.95. The minimum Gasteiger partial charge on any atom is -0.259 e. The Morgan fingerprint density at radius 2 is 2.08 bits per heavy atom. The number of rotatable bonds is 0. The standard InChI is InChI=1S/C12H17N/c1-9-5-7-10(2)12(4)13-11(3)8-6-9/h5-6,8,10H,4,7H2,1-3H3/b8-6-,9-5-,13-11?. The summed E-state index contributed by atoms with van der Waals surface area (Å²) in [5, 5.41) is 0. The van der Waals surface area contributed by atoms with Crippen LogP contribution in [0.5, 0.6) is 0 Å². The van der Waals surface area contributed by atoms with Crippen LogP contribution < -0.4 is 0 Å². The maximum Gasteiger partial charge on any atom is 0.0375 e. The lowest BCUT2D eigenvalue weighted by Gasteiger charge is -2.07. The quantitative estimate of drug-likeness (QED) is 0.534. The molecule has 1 heteroatoms. The summed E-state index contributed by atoms with van der Waals surface area (Å²) >= 11 is 0. The molecule has 0 aromatic heterocycles. The average molecular weight is 175 g/mol. The molecule has 0 amide bonds. The van der Waals surface area contributed by atoms with Crippen LogP contribution in [0.2, 0.25) is 0 Å². The first-order chi connectivity index (χ1) is 6.09. The molecule has 1 nitrogen and oxygen atoms in total. The molecule has 0 saturated carbocycles. The molecular formula is C12H17N. The van der Waals surface area contributed by atoms with Crippen LogP contribution in [0.25, 0.3) is 0 Å². The van der Waals surface area contributed by atoms with E-state index in [0.717, 1.165) is 17.8 Å². The Morgan fingerprint density at radius 3 is 2.77 bits per heavy atom. The van der Waals surface area contributed by atoms with Gasteiger partial charge in [0.25, 0.3) is 0 Å². The number of hydrogen-bond donors (Lipinski definition) is 0. The first kappa shape index (κ1) is 9.97. The molecule has 0 N–H and O–H groups in total. The van der Waals surface area contributed by atoms with Crippen molar-refractivity contribution in [2.24, 2.45) is 10.9 Å². The molecular weight excluding hydrogens is 158 g/mol. The molecule has 0 radical (unpaired) electrons. The van der Waals surface area contributed by atoms with Gasteiger partial charge in [-0.3, -0.25) is 4.99 Å². The molecule has 70 valence electrons. The van der Waals surface area contributed by atoms with Crippen molar-refractivity contribution in [2.45, 2.75) is 27.2 Å². The molecule has 1 rings (SSSR count). The summed E-state index contributed by atoms with van der Waals surface area (Å²) < 4.78 is 0. The van der Waals surface area contributed by atoms with Gasteiger partial charge in [-0.2, -0.15) is 0 Å². The molecule has 0 aromatic rings. The molecule has 1 aliphatic heterocycles. The maximum atomic E-state index is 4.41. The molecule has 0 aliphatic carbocycles. The zero-order valence-corrected chi connectivity index (χ0v) is 8.67. The second kappa shape index (κ2) is 4.22. The molecule has 0 saturated heterocycles. The molecule has 0 aromatic carbocycles. The fraction of sp³-hybridized carbons (Fsp3) is 0.417. The van der Waals surface area contributed by atoms with Crippen LogP contribution in [0, 0.1) is 5.92 Å². The largest absolute Gasteiger partial charge is 0.259 e. The van der Waals surface area contributed by atoms with Crippen LogP contribution in [0.1, 0.15) is 27.2 Å². The van der Waals surface area contributed by atoms with E-state index < -0.39 is 0 Å². The minimum absolute atomic E-state index is 0.449. The van der Waals surface area contributed by atoms with Crippen molar-refractivity contribution in [3.63, 3.8) is 0 Å². The molecule has 13 heavy (non-hydrogen) atoms. The molecule has 1 aliphatic rings. The van der Waals surface area contributed by atoms with E-state index in [1.165, 1.54) is 5.57 Å². The van der Waals surface area contributed by atoms with E-state index in [-0.39, 0.29) is 0 Å². The van der Waals surface area contributed by atoms with Crippen LogP contribution in [-0.2, 0) is 0 Å². The lowest BCUT2D eigenvalue weighted by Crippen LogP contribution is -1.96. The van der Waals surface area contributed by atoms with E-state index in [2.05, 4.69) is 37.6 Å². The van der Waals surface area contributed by atoms with Gasteiger partial charge in [0.15, 0.2) is 0 Å². The Bertz CT molecular complexity index is 292.